The fourth-order valence-corrected chi connectivity index (χ4v) is 2.80. The number of hydrogen-bond acceptors (Lipinski definition) is 6. The van der Waals surface area contributed by atoms with Gasteiger partial charge in [-0.05, 0) is 45.0 Å². The SMILES string of the molecule is COC[C@H]1C[C@H](OC(=O)c2ccc(OC)cc2)CN1C(=O)OC(C)(C)C. The van der Waals surface area contributed by atoms with Gasteiger partial charge in [0, 0.05) is 13.5 Å². The van der Waals surface area contributed by atoms with E-state index in [1.165, 1.54) is 0 Å². The molecular weight excluding hydrogens is 338 g/mol. The van der Waals surface area contributed by atoms with Crippen molar-refractivity contribution in [2.75, 3.05) is 27.4 Å². The van der Waals surface area contributed by atoms with E-state index in [1.807, 2.05) is 20.8 Å². The summed E-state index contributed by atoms with van der Waals surface area (Å²) in [5.41, 5.74) is -0.156. The zero-order chi connectivity index (χ0) is 19.3. The van der Waals surface area contributed by atoms with Crippen molar-refractivity contribution in [1.82, 2.24) is 4.90 Å². The minimum Gasteiger partial charge on any atom is -0.497 e. The van der Waals surface area contributed by atoms with Crippen LogP contribution in [0.1, 0.15) is 37.6 Å². The lowest BCUT2D eigenvalue weighted by molar-refractivity contribution is 0.0112. The standard InChI is InChI=1S/C19H27NO6/c1-19(2,3)26-18(22)20-11-16(10-14(20)12-23-4)25-17(21)13-6-8-15(24-5)9-7-13/h6-9,14,16H,10-12H2,1-5H3/t14-,16+/m1/s1. The topological polar surface area (TPSA) is 74.3 Å². The van der Waals surface area contributed by atoms with Gasteiger partial charge in [0.15, 0.2) is 0 Å². The van der Waals surface area contributed by atoms with Crippen molar-refractivity contribution in [2.45, 2.75) is 44.9 Å². The second-order valence-electron chi connectivity index (χ2n) is 7.23. The number of amides is 1. The van der Waals surface area contributed by atoms with Crippen molar-refractivity contribution in [1.29, 1.82) is 0 Å². The fourth-order valence-electron chi connectivity index (χ4n) is 2.80. The van der Waals surface area contributed by atoms with E-state index in [2.05, 4.69) is 0 Å². The highest BCUT2D eigenvalue weighted by Crippen LogP contribution is 2.24. The number of likely N-dealkylation sites (tertiary alicyclic amines) is 1. The van der Waals surface area contributed by atoms with Crippen LogP contribution in [0.15, 0.2) is 24.3 Å². The Hall–Kier alpha value is -2.28. The summed E-state index contributed by atoms with van der Waals surface area (Å²) in [7, 11) is 3.14. The Balaban J connectivity index is 2.01. The van der Waals surface area contributed by atoms with Crippen LogP contribution in [0.5, 0.6) is 5.75 Å². The van der Waals surface area contributed by atoms with E-state index < -0.39 is 23.8 Å². The van der Waals surface area contributed by atoms with Gasteiger partial charge in [0.25, 0.3) is 0 Å². The van der Waals surface area contributed by atoms with Crippen molar-refractivity contribution in [3.05, 3.63) is 29.8 Å². The number of ether oxygens (including phenoxy) is 4. The number of nitrogens with zero attached hydrogens (tertiary/aromatic N) is 1. The summed E-state index contributed by atoms with van der Waals surface area (Å²) in [5, 5.41) is 0. The second kappa shape index (κ2) is 8.40. The van der Waals surface area contributed by atoms with Gasteiger partial charge in [0.2, 0.25) is 0 Å². The minimum atomic E-state index is -0.591. The van der Waals surface area contributed by atoms with Gasteiger partial charge in [-0.2, -0.15) is 0 Å². The summed E-state index contributed by atoms with van der Waals surface area (Å²) in [6.07, 6.45) is -0.325. The number of carbonyl (C=O) groups excluding carboxylic acids is 2. The number of hydrogen-bond donors (Lipinski definition) is 0. The van der Waals surface area contributed by atoms with Crippen LogP contribution in [0.4, 0.5) is 4.79 Å². The van der Waals surface area contributed by atoms with Gasteiger partial charge in [-0.1, -0.05) is 0 Å². The van der Waals surface area contributed by atoms with Gasteiger partial charge >= 0.3 is 12.1 Å². The van der Waals surface area contributed by atoms with Gasteiger partial charge in [0.1, 0.15) is 17.5 Å². The van der Waals surface area contributed by atoms with Crippen LogP contribution in [0.25, 0.3) is 0 Å². The molecule has 7 heteroatoms. The van der Waals surface area contributed by atoms with Gasteiger partial charge in [0.05, 0.1) is 31.9 Å². The van der Waals surface area contributed by atoms with Crippen molar-refractivity contribution in [3.8, 4) is 5.75 Å². The number of benzene rings is 1. The first kappa shape index (κ1) is 20.0. The monoisotopic (exact) mass is 365 g/mol. The van der Waals surface area contributed by atoms with Crippen LogP contribution in [-0.2, 0) is 14.2 Å². The molecular formula is C19H27NO6. The summed E-state index contributed by atoms with van der Waals surface area (Å²) in [6.45, 7) is 6.08. The molecule has 0 N–H and O–H groups in total. The van der Waals surface area contributed by atoms with Crippen LogP contribution >= 0.6 is 0 Å². The number of esters is 1. The first-order valence-electron chi connectivity index (χ1n) is 8.57. The zero-order valence-electron chi connectivity index (χ0n) is 16.0. The molecule has 1 amide bonds. The maximum atomic E-state index is 12.4. The van der Waals surface area contributed by atoms with E-state index in [1.54, 1.807) is 43.4 Å². The van der Waals surface area contributed by atoms with Gasteiger partial charge in [-0.3, -0.25) is 4.90 Å². The molecule has 2 rings (SSSR count). The van der Waals surface area contributed by atoms with Crippen molar-refractivity contribution in [3.63, 3.8) is 0 Å². The fraction of sp³-hybridized carbons (Fsp3) is 0.579. The van der Waals surface area contributed by atoms with Gasteiger partial charge in [-0.25, -0.2) is 9.59 Å². The molecule has 0 spiro atoms. The first-order valence-corrected chi connectivity index (χ1v) is 8.57. The number of methoxy groups -OCH3 is 2. The van der Waals surface area contributed by atoms with Crippen LogP contribution in [-0.4, -0.2) is 62.1 Å². The Labute approximate surface area is 154 Å². The lowest BCUT2D eigenvalue weighted by Gasteiger charge is -2.28. The van der Waals surface area contributed by atoms with E-state index in [9.17, 15) is 9.59 Å². The number of carbonyl (C=O) groups is 2. The highest BCUT2D eigenvalue weighted by atomic mass is 16.6. The molecule has 2 atom stereocenters. The lowest BCUT2D eigenvalue weighted by Crippen LogP contribution is -2.42. The van der Waals surface area contributed by atoms with E-state index in [0.29, 0.717) is 24.3 Å². The summed E-state index contributed by atoms with van der Waals surface area (Å²) < 4.78 is 21.3. The average molecular weight is 365 g/mol. The molecule has 1 heterocycles. The van der Waals surface area contributed by atoms with E-state index >= 15 is 0 Å². The normalized spacial score (nSPS) is 20.0. The average Bonchev–Trinajstić information content (AvgIpc) is 2.96. The molecule has 1 saturated heterocycles. The molecule has 0 bridgehead atoms. The quantitative estimate of drug-likeness (QED) is 0.747. The molecule has 0 aromatic heterocycles. The summed E-state index contributed by atoms with van der Waals surface area (Å²) >= 11 is 0. The minimum absolute atomic E-state index is 0.191. The predicted molar refractivity (Wildman–Crippen MR) is 95.4 cm³/mol. The highest BCUT2D eigenvalue weighted by molar-refractivity contribution is 5.89. The van der Waals surface area contributed by atoms with Crippen LogP contribution in [0, 0.1) is 0 Å². The zero-order valence-corrected chi connectivity index (χ0v) is 16.0. The van der Waals surface area contributed by atoms with E-state index in [0.717, 1.165) is 0 Å². The van der Waals surface area contributed by atoms with Crippen LogP contribution in [0.3, 0.4) is 0 Å². The molecule has 7 nitrogen and oxygen atoms in total. The Morgan fingerprint density at radius 3 is 2.35 bits per heavy atom. The molecule has 1 aromatic carbocycles. The Kier molecular flexibility index (Phi) is 6.47. The van der Waals surface area contributed by atoms with Crippen molar-refractivity contribution in [2.24, 2.45) is 0 Å². The molecule has 1 aliphatic rings. The van der Waals surface area contributed by atoms with Crippen LogP contribution in [0.2, 0.25) is 0 Å². The largest absolute Gasteiger partial charge is 0.497 e. The number of rotatable bonds is 5. The predicted octanol–water partition coefficient (Wildman–Crippen LogP) is 2.88. The third kappa shape index (κ3) is 5.36. The smallest absolute Gasteiger partial charge is 0.410 e. The molecule has 26 heavy (non-hydrogen) atoms. The van der Waals surface area contributed by atoms with Gasteiger partial charge in [-0.15, -0.1) is 0 Å². The molecule has 0 aliphatic carbocycles. The van der Waals surface area contributed by atoms with Crippen molar-refractivity contribution < 1.29 is 28.5 Å². The lowest BCUT2D eigenvalue weighted by atomic mass is 10.2. The summed E-state index contributed by atoms with van der Waals surface area (Å²) in [4.78, 5) is 26.3. The van der Waals surface area contributed by atoms with Crippen molar-refractivity contribution >= 4 is 12.1 Å². The third-order valence-electron chi connectivity index (χ3n) is 3.96. The Bertz CT molecular complexity index is 622. The third-order valence-corrected chi connectivity index (χ3v) is 3.96. The molecule has 0 saturated carbocycles. The molecule has 0 unspecified atom stereocenters. The highest BCUT2D eigenvalue weighted by Gasteiger charge is 2.39. The Morgan fingerprint density at radius 1 is 1.15 bits per heavy atom. The maximum absolute atomic E-state index is 12.4. The first-order chi connectivity index (χ1) is 12.2. The molecule has 1 fully saturated rings. The van der Waals surface area contributed by atoms with E-state index in [-0.39, 0.29) is 12.6 Å². The summed E-state index contributed by atoms with van der Waals surface area (Å²) in [5.74, 6) is 0.235. The summed E-state index contributed by atoms with van der Waals surface area (Å²) in [6, 6.07) is 6.50. The molecule has 144 valence electrons. The molecule has 1 aromatic rings. The van der Waals surface area contributed by atoms with Crippen LogP contribution < -0.4 is 4.74 Å². The second-order valence-corrected chi connectivity index (χ2v) is 7.23. The van der Waals surface area contributed by atoms with Gasteiger partial charge < -0.3 is 18.9 Å². The molecule has 0 radical (unpaired) electrons. The Morgan fingerprint density at radius 2 is 1.81 bits per heavy atom. The maximum Gasteiger partial charge on any atom is 0.410 e. The molecule has 1 aliphatic heterocycles. The van der Waals surface area contributed by atoms with E-state index in [4.69, 9.17) is 18.9 Å².